The molecule has 15 nitrogen and oxygen atoms in total. The number of halogens is 1. The minimum atomic E-state index is -1.30. The molecule has 6 N–H and O–H groups in total. The molecule has 1 amide bonds. The summed E-state index contributed by atoms with van der Waals surface area (Å²) in [6.07, 6.45) is 0.103. The third kappa shape index (κ3) is 14.0. The first-order chi connectivity index (χ1) is 18.7. The second-order valence-corrected chi connectivity index (χ2v) is 9.62. The normalized spacial score (nSPS) is 12.7. The van der Waals surface area contributed by atoms with Gasteiger partial charge >= 0.3 is 29.8 Å². The van der Waals surface area contributed by atoms with E-state index in [0.717, 1.165) is 4.90 Å². The summed E-state index contributed by atoms with van der Waals surface area (Å²) in [5.74, 6) is -6.68. The van der Waals surface area contributed by atoms with E-state index in [1.54, 1.807) is 24.3 Å². The Hall–Kier alpha value is -3.60. The third-order valence-electron chi connectivity index (χ3n) is 5.67. The molecular formula is C24H33BrN4O11. The number of nitrogens with one attached hydrogen (secondary N) is 1. The lowest BCUT2D eigenvalue weighted by atomic mass is 10.0. The molecule has 222 valence electrons. The summed E-state index contributed by atoms with van der Waals surface area (Å²) < 4.78 is 0. The van der Waals surface area contributed by atoms with E-state index < -0.39 is 74.7 Å². The van der Waals surface area contributed by atoms with Crippen molar-refractivity contribution in [3.8, 4) is 0 Å². The van der Waals surface area contributed by atoms with Gasteiger partial charge in [-0.1, -0.05) is 28.1 Å². The molecule has 16 heteroatoms. The van der Waals surface area contributed by atoms with E-state index >= 15 is 0 Å². The number of anilines is 1. The second kappa shape index (κ2) is 17.2. The van der Waals surface area contributed by atoms with Gasteiger partial charge in [-0.25, -0.2) is 0 Å². The van der Waals surface area contributed by atoms with Crippen molar-refractivity contribution < 1.29 is 54.3 Å². The Labute approximate surface area is 238 Å². The molecule has 40 heavy (non-hydrogen) atoms. The van der Waals surface area contributed by atoms with E-state index in [4.69, 9.17) is 0 Å². The fraction of sp³-hybridized carbons (Fsp3) is 0.500. The SMILES string of the molecule is C[C@@H](CN(CC(=O)O)C[C@H](Cc1ccc(NC(=O)CBr)cc1)N(CC(=O)O)CC(=O)O)N(CC(=O)O)CC(=O)O. The first-order valence-electron chi connectivity index (χ1n) is 11.9. The number of alkyl halides is 1. The number of amides is 1. The van der Waals surface area contributed by atoms with Gasteiger partial charge < -0.3 is 30.8 Å². The van der Waals surface area contributed by atoms with Crippen molar-refractivity contribution in [2.45, 2.75) is 25.4 Å². The number of carboxylic acids is 5. The second-order valence-electron chi connectivity index (χ2n) is 9.06. The maximum atomic E-state index is 11.6. The highest BCUT2D eigenvalue weighted by Crippen LogP contribution is 2.16. The van der Waals surface area contributed by atoms with Crippen LogP contribution in [-0.2, 0) is 35.2 Å². The zero-order valence-corrected chi connectivity index (χ0v) is 23.3. The summed E-state index contributed by atoms with van der Waals surface area (Å²) in [7, 11) is 0. The van der Waals surface area contributed by atoms with Crippen molar-refractivity contribution in [2.24, 2.45) is 0 Å². The Balaban J connectivity index is 3.32. The van der Waals surface area contributed by atoms with Crippen molar-refractivity contribution in [1.29, 1.82) is 0 Å². The van der Waals surface area contributed by atoms with Crippen LogP contribution in [0.2, 0.25) is 0 Å². The quantitative estimate of drug-likeness (QED) is 0.101. The summed E-state index contributed by atoms with van der Waals surface area (Å²) in [6, 6.07) is 4.97. The fourth-order valence-electron chi connectivity index (χ4n) is 4.06. The number of hydrogen-bond donors (Lipinski definition) is 6. The molecule has 0 aliphatic carbocycles. The van der Waals surface area contributed by atoms with Gasteiger partial charge in [-0.05, 0) is 31.0 Å². The van der Waals surface area contributed by atoms with Crippen molar-refractivity contribution >= 4 is 57.4 Å². The van der Waals surface area contributed by atoms with Crippen LogP contribution in [0.25, 0.3) is 0 Å². The van der Waals surface area contributed by atoms with Crippen LogP contribution in [0.4, 0.5) is 5.69 Å². The van der Waals surface area contributed by atoms with Gasteiger partial charge in [0.2, 0.25) is 5.91 Å². The molecule has 0 aliphatic heterocycles. The van der Waals surface area contributed by atoms with Crippen molar-refractivity contribution in [3.63, 3.8) is 0 Å². The summed E-state index contributed by atoms with van der Waals surface area (Å²) in [5.41, 5.74) is 1.14. The molecule has 0 saturated carbocycles. The largest absolute Gasteiger partial charge is 0.480 e. The van der Waals surface area contributed by atoms with Crippen molar-refractivity contribution in [3.05, 3.63) is 29.8 Å². The lowest BCUT2D eigenvalue weighted by molar-refractivity contribution is -0.144. The molecule has 0 aromatic heterocycles. The summed E-state index contributed by atoms with van der Waals surface area (Å²) in [4.78, 5) is 72.6. The molecule has 0 heterocycles. The molecule has 2 atom stereocenters. The van der Waals surface area contributed by atoms with E-state index in [0.29, 0.717) is 11.3 Å². The van der Waals surface area contributed by atoms with Crippen LogP contribution in [0, 0.1) is 0 Å². The predicted octanol–water partition coefficient (Wildman–Crippen LogP) is -0.351. The molecule has 0 spiro atoms. The van der Waals surface area contributed by atoms with Crippen molar-refractivity contribution in [1.82, 2.24) is 14.7 Å². The molecule has 0 unspecified atom stereocenters. The van der Waals surface area contributed by atoms with E-state index in [9.17, 15) is 54.3 Å². The zero-order chi connectivity index (χ0) is 30.4. The molecule has 0 bridgehead atoms. The zero-order valence-electron chi connectivity index (χ0n) is 21.7. The molecule has 0 saturated heterocycles. The van der Waals surface area contributed by atoms with Gasteiger partial charge in [0.25, 0.3) is 0 Å². The van der Waals surface area contributed by atoms with Gasteiger partial charge in [0.15, 0.2) is 0 Å². The number of aliphatic carboxylic acids is 5. The number of nitrogens with zero attached hydrogens (tertiary/aromatic N) is 3. The van der Waals surface area contributed by atoms with Crippen LogP contribution in [0.3, 0.4) is 0 Å². The molecule has 0 fully saturated rings. The standard InChI is InChI=1S/C24H33BrN4O11/c1-15(28(11-21(33)34)12-22(35)36)8-27(10-20(31)32)9-18(29(13-23(37)38)14-24(39)40)6-16-2-4-17(5-3-16)26-19(30)7-25/h2-5,15,18H,6-14H2,1H3,(H,26,30)(H,31,32)(H,33,34)(H,35,36)(H,37,38)(H,39,40)/t15-,18-/m0/s1. The Bertz CT molecular complexity index is 1020. The Kier molecular flexibility index (Phi) is 14.8. The van der Waals surface area contributed by atoms with E-state index in [-0.39, 0.29) is 30.7 Å². The van der Waals surface area contributed by atoms with Crippen LogP contribution in [0.15, 0.2) is 24.3 Å². The maximum absolute atomic E-state index is 11.6. The highest BCUT2D eigenvalue weighted by molar-refractivity contribution is 9.09. The number of carbonyl (C=O) groups is 6. The van der Waals surface area contributed by atoms with Crippen molar-refractivity contribution in [2.75, 3.05) is 56.5 Å². The summed E-state index contributed by atoms with van der Waals surface area (Å²) in [5, 5.41) is 49.4. The molecule has 0 aliphatic rings. The smallest absolute Gasteiger partial charge is 0.317 e. The van der Waals surface area contributed by atoms with Gasteiger partial charge in [-0.3, -0.25) is 43.5 Å². The summed E-state index contributed by atoms with van der Waals surface area (Å²) >= 11 is 3.04. The summed E-state index contributed by atoms with van der Waals surface area (Å²) in [6.45, 7) is -1.79. The minimum Gasteiger partial charge on any atom is -0.480 e. The van der Waals surface area contributed by atoms with E-state index in [1.807, 2.05) is 0 Å². The minimum absolute atomic E-state index is 0.0877. The Morgan fingerprint density at radius 2 is 1.18 bits per heavy atom. The number of carbonyl (C=O) groups excluding carboxylic acids is 1. The lowest BCUT2D eigenvalue weighted by Crippen LogP contribution is -2.53. The predicted molar refractivity (Wildman–Crippen MR) is 144 cm³/mol. The first-order valence-corrected chi connectivity index (χ1v) is 13.1. The number of benzene rings is 1. The van der Waals surface area contributed by atoms with Gasteiger partial charge in [-0.15, -0.1) is 0 Å². The number of rotatable bonds is 20. The number of carboxylic acid groups (broad SMARTS) is 5. The molecule has 0 radical (unpaired) electrons. The van der Waals surface area contributed by atoms with Crippen LogP contribution < -0.4 is 5.32 Å². The van der Waals surface area contributed by atoms with Crippen LogP contribution in [-0.4, -0.2) is 139 Å². The first kappa shape index (κ1) is 34.4. The molecule has 1 aromatic rings. The molecule has 1 aromatic carbocycles. The number of hydrogen-bond acceptors (Lipinski definition) is 9. The van der Waals surface area contributed by atoms with Crippen LogP contribution in [0.5, 0.6) is 0 Å². The van der Waals surface area contributed by atoms with Gasteiger partial charge in [-0.2, -0.15) is 0 Å². The maximum Gasteiger partial charge on any atom is 0.317 e. The monoisotopic (exact) mass is 632 g/mol. The molecule has 1 rings (SSSR count). The Morgan fingerprint density at radius 3 is 1.60 bits per heavy atom. The topological polar surface area (TPSA) is 225 Å². The average Bonchev–Trinajstić information content (AvgIpc) is 2.82. The third-order valence-corrected chi connectivity index (χ3v) is 6.18. The lowest BCUT2D eigenvalue weighted by Gasteiger charge is -2.36. The van der Waals surface area contributed by atoms with E-state index in [1.165, 1.54) is 16.7 Å². The highest BCUT2D eigenvalue weighted by atomic mass is 79.9. The van der Waals surface area contributed by atoms with Crippen LogP contribution >= 0.6 is 15.9 Å². The van der Waals surface area contributed by atoms with E-state index in [2.05, 4.69) is 21.2 Å². The molecular weight excluding hydrogens is 600 g/mol. The Morgan fingerprint density at radius 1 is 0.725 bits per heavy atom. The van der Waals surface area contributed by atoms with Gasteiger partial charge in [0.05, 0.1) is 38.1 Å². The fourth-order valence-corrected chi connectivity index (χ4v) is 4.20. The highest BCUT2D eigenvalue weighted by Gasteiger charge is 2.29. The van der Waals surface area contributed by atoms with Gasteiger partial charge in [0.1, 0.15) is 0 Å². The average molecular weight is 633 g/mol. The van der Waals surface area contributed by atoms with Gasteiger partial charge in [0, 0.05) is 30.9 Å². The van der Waals surface area contributed by atoms with Crippen LogP contribution in [0.1, 0.15) is 12.5 Å².